The Hall–Kier alpha value is -3.38. The van der Waals surface area contributed by atoms with Gasteiger partial charge in [-0.25, -0.2) is 0 Å². The van der Waals surface area contributed by atoms with Gasteiger partial charge in [0.25, 0.3) is 0 Å². The molecule has 45 heavy (non-hydrogen) atoms. The van der Waals surface area contributed by atoms with Gasteiger partial charge in [-0.2, -0.15) is 0 Å². The number of rotatable bonds is 0. The molecule has 2 saturated carbocycles. The summed E-state index contributed by atoms with van der Waals surface area (Å²) in [7, 11) is 0. The first-order valence-electron chi connectivity index (χ1n) is 17.6. The Kier molecular flexibility index (Phi) is 10.9. The average molecular weight is 597 g/mol. The summed E-state index contributed by atoms with van der Waals surface area (Å²) < 4.78 is 0. The summed E-state index contributed by atoms with van der Waals surface area (Å²) in [5.41, 5.74) is 16.6. The Labute approximate surface area is 275 Å². The molecule has 7 aliphatic carbocycles. The molecule has 0 amide bonds. The first kappa shape index (κ1) is 33.0. The van der Waals surface area contributed by atoms with Gasteiger partial charge >= 0.3 is 0 Å². The van der Waals surface area contributed by atoms with E-state index in [9.17, 15) is 0 Å². The molecule has 0 radical (unpaired) electrons. The normalized spacial score (nSPS) is 24.0. The van der Waals surface area contributed by atoms with E-state index < -0.39 is 0 Å². The molecule has 0 aromatic heterocycles. The molecular weight excluding hydrogens is 540 g/mol. The fourth-order valence-electron chi connectivity index (χ4n) is 7.96. The molecule has 0 spiro atoms. The van der Waals surface area contributed by atoms with Gasteiger partial charge in [0.1, 0.15) is 0 Å². The van der Waals surface area contributed by atoms with Crippen LogP contribution < -0.4 is 0 Å². The number of benzene rings is 1. The lowest BCUT2D eigenvalue weighted by Crippen LogP contribution is -2.04. The van der Waals surface area contributed by atoms with E-state index in [2.05, 4.69) is 140 Å². The molecule has 2 unspecified atom stereocenters. The first-order valence-corrected chi connectivity index (χ1v) is 17.6. The Morgan fingerprint density at radius 2 is 1.02 bits per heavy atom. The van der Waals surface area contributed by atoms with Gasteiger partial charge in [0.2, 0.25) is 0 Å². The van der Waals surface area contributed by atoms with Crippen molar-refractivity contribution in [1.82, 2.24) is 0 Å². The molecule has 0 heteroatoms. The second kappa shape index (κ2) is 14.8. The van der Waals surface area contributed by atoms with Gasteiger partial charge in [0.05, 0.1) is 0 Å². The lowest BCUT2D eigenvalue weighted by atomic mass is 9.92. The quantitative estimate of drug-likeness (QED) is 0.242. The first-order chi connectivity index (χ1) is 21.5. The summed E-state index contributed by atoms with van der Waals surface area (Å²) in [5.74, 6) is 4.29. The SMILES string of the molecule is CC1=CC2=CC(C)=CC2=C1.CC1=Cc2cc(C)ccc2C1.CC1CCC2CC(C)CC2CC1.Cc1ccc2cc(C)cc-2cc1. The van der Waals surface area contributed by atoms with E-state index in [0.717, 1.165) is 30.1 Å². The van der Waals surface area contributed by atoms with Gasteiger partial charge in [-0.15, -0.1) is 0 Å². The topological polar surface area (TPSA) is 0 Å². The Morgan fingerprint density at radius 1 is 0.489 bits per heavy atom. The molecule has 0 saturated heterocycles. The lowest BCUT2D eigenvalue weighted by molar-refractivity contribution is 0.367. The van der Waals surface area contributed by atoms with Gasteiger partial charge in [-0.3, -0.25) is 0 Å². The fourth-order valence-corrected chi connectivity index (χ4v) is 7.96. The van der Waals surface area contributed by atoms with E-state index in [4.69, 9.17) is 0 Å². The zero-order valence-electron chi connectivity index (χ0n) is 29.3. The number of allylic oxidation sites excluding steroid dienone is 9. The van der Waals surface area contributed by atoms with E-state index in [1.54, 1.807) is 0 Å². The van der Waals surface area contributed by atoms with Crippen molar-refractivity contribution in [3.63, 3.8) is 0 Å². The van der Waals surface area contributed by atoms with Gasteiger partial charge in [0, 0.05) is 0 Å². The Bertz CT molecular complexity index is 1530. The van der Waals surface area contributed by atoms with Gasteiger partial charge in [-0.05, 0) is 147 Å². The maximum atomic E-state index is 2.44. The van der Waals surface area contributed by atoms with Crippen molar-refractivity contribution in [3.8, 4) is 11.1 Å². The second-order valence-corrected chi connectivity index (χ2v) is 15.1. The van der Waals surface area contributed by atoms with Crippen LogP contribution in [0, 0.1) is 44.4 Å². The van der Waals surface area contributed by atoms with Crippen molar-refractivity contribution in [2.75, 3.05) is 0 Å². The van der Waals surface area contributed by atoms with Crippen molar-refractivity contribution < 1.29 is 0 Å². The number of fused-ring (bicyclic) bond motifs is 4. The number of hydrogen-bond donors (Lipinski definition) is 0. The van der Waals surface area contributed by atoms with E-state index in [1.165, 1.54) is 105 Å². The minimum atomic E-state index is 1.02. The van der Waals surface area contributed by atoms with Crippen LogP contribution >= 0.6 is 0 Å². The van der Waals surface area contributed by atoms with Crippen molar-refractivity contribution >= 4 is 6.08 Å². The summed E-state index contributed by atoms with van der Waals surface area (Å²) in [6, 6.07) is 19.8. The predicted octanol–water partition coefficient (Wildman–Crippen LogP) is 13.0. The van der Waals surface area contributed by atoms with Crippen LogP contribution in [-0.2, 0) is 6.42 Å². The zero-order chi connectivity index (χ0) is 32.1. The third-order valence-electron chi connectivity index (χ3n) is 10.3. The summed E-state index contributed by atoms with van der Waals surface area (Å²) in [4.78, 5) is 0. The summed E-state index contributed by atoms with van der Waals surface area (Å²) in [6.07, 6.45) is 21.5. The molecule has 0 nitrogen and oxygen atoms in total. The second-order valence-electron chi connectivity index (χ2n) is 15.1. The predicted molar refractivity (Wildman–Crippen MR) is 198 cm³/mol. The van der Waals surface area contributed by atoms with Crippen LogP contribution in [0.3, 0.4) is 0 Å². The zero-order valence-corrected chi connectivity index (χ0v) is 29.3. The van der Waals surface area contributed by atoms with Crippen LogP contribution in [0.25, 0.3) is 17.2 Å². The molecule has 0 N–H and O–H groups in total. The molecular formula is C45H56. The monoisotopic (exact) mass is 596 g/mol. The molecule has 236 valence electrons. The van der Waals surface area contributed by atoms with E-state index in [0.29, 0.717) is 0 Å². The molecule has 7 aliphatic rings. The largest absolute Gasteiger partial charge is 0.0683 e. The highest BCUT2D eigenvalue weighted by Crippen LogP contribution is 2.44. The van der Waals surface area contributed by atoms with E-state index >= 15 is 0 Å². The Morgan fingerprint density at radius 3 is 1.58 bits per heavy atom. The smallest absolute Gasteiger partial charge is 0.00606 e. The minimum Gasteiger partial charge on any atom is -0.0683 e. The molecule has 0 heterocycles. The molecule has 0 aliphatic heterocycles. The molecule has 2 fully saturated rings. The standard InChI is InChI=1S/C12H22.C12H12.C11H12.C10H10/c2*1-9-3-5-11-7-10(2)8-12(11)6-4-9;1-8-3-4-10-6-9(2)7-11(10)5-8;1-7-3-9-5-8(2)6-10(9)4-7/h9-12H,3-8H2,1-2H3;3-8H,1-2H3;3-5,7H,6H2,1-2H3;3-6H,1-2H3. The maximum Gasteiger partial charge on any atom is -0.00606 e. The van der Waals surface area contributed by atoms with Crippen molar-refractivity contribution in [1.29, 1.82) is 0 Å². The van der Waals surface area contributed by atoms with Crippen molar-refractivity contribution in [2.24, 2.45) is 23.7 Å². The number of hydrogen-bond acceptors (Lipinski definition) is 0. The van der Waals surface area contributed by atoms with Crippen LogP contribution in [0.1, 0.15) is 101 Å². The highest BCUT2D eigenvalue weighted by atomic mass is 14.4. The van der Waals surface area contributed by atoms with Gasteiger partial charge in [-0.1, -0.05) is 128 Å². The third kappa shape index (κ3) is 9.09. The molecule has 8 rings (SSSR count). The minimum absolute atomic E-state index is 1.02. The van der Waals surface area contributed by atoms with Gasteiger partial charge in [0.15, 0.2) is 0 Å². The molecule has 1 aromatic rings. The third-order valence-corrected chi connectivity index (χ3v) is 10.3. The molecule has 1 aromatic carbocycles. The van der Waals surface area contributed by atoms with Crippen molar-refractivity contribution in [2.45, 2.75) is 100 Å². The fraction of sp³-hybridized carbons (Fsp3) is 0.422. The summed E-state index contributed by atoms with van der Waals surface area (Å²) in [6.45, 7) is 17.7. The van der Waals surface area contributed by atoms with Crippen LogP contribution in [0.15, 0.2) is 107 Å². The van der Waals surface area contributed by atoms with Crippen LogP contribution in [0.2, 0.25) is 0 Å². The molecule has 0 bridgehead atoms. The highest BCUT2D eigenvalue weighted by Gasteiger charge is 2.33. The van der Waals surface area contributed by atoms with Gasteiger partial charge < -0.3 is 0 Å². The van der Waals surface area contributed by atoms with Crippen LogP contribution in [0.5, 0.6) is 0 Å². The number of aryl methyl sites for hydroxylation is 3. The molecule has 2 atom stereocenters. The lowest BCUT2D eigenvalue weighted by Gasteiger charge is -2.14. The average Bonchev–Trinajstić information content (AvgIpc) is 3.75. The Balaban J connectivity index is 0.000000119. The maximum absolute atomic E-state index is 2.44. The van der Waals surface area contributed by atoms with Crippen molar-refractivity contribution in [3.05, 3.63) is 135 Å². The summed E-state index contributed by atoms with van der Waals surface area (Å²) >= 11 is 0. The van der Waals surface area contributed by atoms with E-state index in [-0.39, 0.29) is 0 Å². The summed E-state index contributed by atoms with van der Waals surface area (Å²) in [5, 5.41) is 0. The van der Waals surface area contributed by atoms with Crippen LogP contribution in [-0.4, -0.2) is 0 Å². The van der Waals surface area contributed by atoms with E-state index in [1.807, 2.05) is 0 Å². The van der Waals surface area contributed by atoms with Crippen LogP contribution in [0.4, 0.5) is 0 Å². The highest BCUT2D eigenvalue weighted by molar-refractivity contribution is 5.68.